The Morgan fingerprint density at radius 2 is 2.00 bits per heavy atom. The third-order valence-corrected chi connectivity index (χ3v) is 3.76. The molecule has 1 heterocycles. The highest BCUT2D eigenvalue weighted by atomic mass is 15.2. The molecule has 1 aliphatic rings. The van der Waals surface area contributed by atoms with Gasteiger partial charge < -0.3 is 0 Å². The van der Waals surface area contributed by atoms with Crippen molar-refractivity contribution in [2.45, 2.75) is 64.2 Å². The van der Waals surface area contributed by atoms with Crippen molar-refractivity contribution in [2.75, 3.05) is 0 Å². The molecule has 1 saturated carbocycles. The van der Waals surface area contributed by atoms with Gasteiger partial charge in [-0.2, -0.15) is 5.10 Å². The van der Waals surface area contributed by atoms with E-state index < -0.39 is 0 Å². The first-order valence-electron chi connectivity index (χ1n) is 6.11. The van der Waals surface area contributed by atoms with Crippen molar-refractivity contribution in [1.82, 2.24) is 15.2 Å². The molecule has 2 rings (SSSR count). The van der Waals surface area contributed by atoms with Crippen LogP contribution in [-0.4, -0.2) is 15.2 Å². The number of nitrogens with one attached hydrogen (secondary N) is 1. The summed E-state index contributed by atoms with van der Waals surface area (Å²) in [5, 5.41) is 7.51. The Hall–Kier alpha value is -0.860. The standard InChI is InChI=1S/C12H21N3/c1-4-12(7-5-6-8-12)11-13-10(9(2)3)14-15-11/h9H,4-8H2,1-3H3,(H,13,14,15). The lowest BCUT2D eigenvalue weighted by atomic mass is 9.83. The van der Waals surface area contributed by atoms with Crippen molar-refractivity contribution in [3.63, 3.8) is 0 Å². The maximum absolute atomic E-state index is 4.67. The van der Waals surface area contributed by atoms with Gasteiger partial charge in [0.05, 0.1) is 0 Å². The van der Waals surface area contributed by atoms with Crippen LogP contribution in [0.2, 0.25) is 0 Å². The van der Waals surface area contributed by atoms with Gasteiger partial charge in [-0.15, -0.1) is 0 Å². The molecular weight excluding hydrogens is 186 g/mol. The van der Waals surface area contributed by atoms with Crippen molar-refractivity contribution < 1.29 is 0 Å². The molecule has 1 aliphatic carbocycles. The third-order valence-electron chi connectivity index (χ3n) is 3.76. The van der Waals surface area contributed by atoms with Crippen molar-refractivity contribution in [2.24, 2.45) is 0 Å². The zero-order valence-corrected chi connectivity index (χ0v) is 10.0. The molecule has 0 aliphatic heterocycles. The maximum Gasteiger partial charge on any atom is 0.156 e. The summed E-state index contributed by atoms with van der Waals surface area (Å²) in [7, 11) is 0. The zero-order valence-electron chi connectivity index (χ0n) is 10.0. The van der Waals surface area contributed by atoms with Crippen LogP contribution in [0, 0.1) is 0 Å². The molecule has 1 N–H and O–H groups in total. The zero-order chi connectivity index (χ0) is 10.9. The Morgan fingerprint density at radius 1 is 1.33 bits per heavy atom. The number of nitrogens with zero attached hydrogens (tertiary/aromatic N) is 2. The smallest absolute Gasteiger partial charge is 0.156 e. The van der Waals surface area contributed by atoms with Gasteiger partial charge in [0, 0.05) is 11.3 Å². The summed E-state index contributed by atoms with van der Waals surface area (Å²) >= 11 is 0. The van der Waals surface area contributed by atoms with E-state index in [2.05, 4.69) is 36.0 Å². The molecule has 84 valence electrons. The van der Waals surface area contributed by atoms with Crippen LogP contribution < -0.4 is 0 Å². The molecule has 0 radical (unpaired) electrons. The van der Waals surface area contributed by atoms with Gasteiger partial charge in [-0.1, -0.05) is 33.6 Å². The van der Waals surface area contributed by atoms with Gasteiger partial charge in [-0.05, 0) is 19.3 Å². The molecule has 15 heavy (non-hydrogen) atoms. The largest absolute Gasteiger partial charge is 0.263 e. The van der Waals surface area contributed by atoms with Crippen molar-refractivity contribution in [3.05, 3.63) is 11.6 Å². The Balaban J connectivity index is 2.27. The lowest BCUT2D eigenvalue weighted by Crippen LogP contribution is -2.22. The van der Waals surface area contributed by atoms with Crippen LogP contribution in [-0.2, 0) is 5.41 Å². The molecule has 0 spiro atoms. The summed E-state index contributed by atoms with van der Waals surface area (Å²) in [6.45, 7) is 6.56. The predicted octanol–water partition coefficient (Wildman–Crippen LogP) is 3.15. The molecule has 0 amide bonds. The minimum atomic E-state index is 0.281. The average Bonchev–Trinajstić information content (AvgIpc) is 2.87. The molecule has 3 heteroatoms. The highest BCUT2D eigenvalue weighted by Crippen LogP contribution is 2.42. The van der Waals surface area contributed by atoms with Crippen LogP contribution in [0.25, 0.3) is 0 Å². The first kappa shape index (κ1) is 10.7. The summed E-state index contributed by atoms with van der Waals surface area (Å²) < 4.78 is 0. The lowest BCUT2D eigenvalue weighted by molar-refractivity contribution is 0.399. The third kappa shape index (κ3) is 1.80. The van der Waals surface area contributed by atoms with E-state index in [1.54, 1.807) is 0 Å². The van der Waals surface area contributed by atoms with E-state index in [1.165, 1.54) is 32.1 Å². The van der Waals surface area contributed by atoms with E-state index in [0.29, 0.717) is 5.92 Å². The van der Waals surface area contributed by atoms with Gasteiger partial charge in [0.15, 0.2) is 5.82 Å². The summed E-state index contributed by atoms with van der Waals surface area (Å²) in [4.78, 5) is 4.67. The molecule has 0 atom stereocenters. The Bertz CT molecular complexity index is 321. The molecule has 0 aromatic carbocycles. The van der Waals surface area contributed by atoms with E-state index in [9.17, 15) is 0 Å². The van der Waals surface area contributed by atoms with Gasteiger partial charge in [0.25, 0.3) is 0 Å². The summed E-state index contributed by atoms with van der Waals surface area (Å²) in [6.07, 6.45) is 6.36. The first-order chi connectivity index (χ1) is 7.18. The molecule has 0 bridgehead atoms. The molecule has 1 aromatic rings. The minimum Gasteiger partial charge on any atom is -0.263 e. The van der Waals surface area contributed by atoms with E-state index in [4.69, 9.17) is 0 Å². The predicted molar refractivity (Wildman–Crippen MR) is 60.9 cm³/mol. The summed E-state index contributed by atoms with van der Waals surface area (Å²) in [5.74, 6) is 2.54. The quantitative estimate of drug-likeness (QED) is 0.827. The fourth-order valence-electron chi connectivity index (χ4n) is 2.56. The van der Waals surface area contributed by atoms with E-state index in [-0.39, 0.29) is 5.41 Å². The molecule has 1 fully saturated rings. The van der Waals surface area contributed by atoms with Crippen LogP contribution in [0.3, 0.4) is 0 Å². The first-order valence-corrected chi connectivity index (χ1v) is 6.11. The number of rotatable bonds is 3. The lowest BCUT2D eigenvalue weighted by Gasteiger charge is -2.23. The Labute approximate surface area is 91.7 Å². The Morgan fingerprint density at radius 3 is 2.47 bits per heavy atom. The van der Waals surface area contributed by atoms with Gasteiger partial charge in [0.2, 0.25) is 0 Å². The number of aromatic amines is 1. The molecule has 0 unspecified atom stereocenters. The van der Waals surface area contributed by atoms with E-state index >= 15 is 0 Å². The second-order valence-electron chi connectivity index (χ2n) is 5.04. The van der Waals surface area contributed by atoms with E-state index in [0.717, 1.165) is 11.6 Å². The van der Waals surface area contributed by atoms with E-state index in [1.807, 2.05) is 0 Å². The summed E-state index contributed by atoms with van der Waals surface area (Å²) in [6, 6.07) is 0. The minimum absolute atomic E-state index is 0.281. The average molecular weight is 207 g/mol. The number of hydrogen-bond acceptors (Lipinski definition) is 2. The van der Waals surface area contributed by atoms with Crippen molar-refractivity contribution >= 4 is 0 Å². The monoisotopic (exact) mass is 207 g/mol. The van der Waals surface area contributed by atoms with Crippen molar-refractivity contribution in [1.29, 1.82) is 0 Å². The molecule has 3 nitrogen and oxygen atoms in total. The summed E-state index contributed by atoms with van der Waals surface area (Å²) in [5.41, 5.74) is 0.281. The van der Waals surface area contributed by atoms with Crippen LogP contribution in [0.15, 0.2) is 0 Å². The molecule has 1 aromatic heterocycles. The fourth-order valence-corrected chi connectivity index (χ4v) is 2.56. The highest BCUT2D eigenvalue weighted by Gasteiger charge is 2.37. The highest BCUT2D eigenvalue weighted by molar-refractivity contribution is 5.11. The number of hydrogen-bond donors (Lipinski definition) is 1. The normalized spacial score (nSPS) is 20.0. The second-order valence-corrected chi connectivity index (χ2v) is 5.04. The van der Waals surface area contributed by atoms with Crippen molar-refractivity contribution in [3.8, 4) is 0 Å². The number of aromatic nitrogens is 3. The maximum atomic E-state index is 4.67. The van der Waals surface area contributed by atoms with Gasteiger partial charge in [-0.25, -0.2) is 4.98 Å². The topological polar surface area (TPSA) is 41.6 Å². The van der Waals surface area contributed by atoms with Gasteiger partial charge in [-0.3, -0.25) is 5.10 Å². The van der Waals surface area contributed by atoms with Gasteiger partial charge >= 0.3 is 0 Å². The van der Waals surface area contributed by atoms with Crippen LogP contribution in [0.1, 0.15) is 70.4 Å². The van der Waals surface area contributed by atoms with Gasteiger partial charge in [0.1, 0.15) is 5.82 Å². The SMILES string of the molecule is CCC1(c2n[nH]c(C(C)C)n2)CCCC1. The molecule has 0 saturated heterocycles. The fraction of sp³-hybridized carbons (Fsp3) is 0.833. The Kier molecular flexibility index (Phi) is 2.81. The van der Waals surface area contributed by atoms with Crippen LogP contribution in [0.4, 0.5) is 0 Å². The second kappa shape index (κ2) is 3.95. The van der Waals surface area contributed by atoms with Crippen LogP contribution in [0.5, 0.6) is 0 Å². The van der Waals surface area contributed by atoms with Crippen LogP contribution >= 0.6 is 0 Å². The number of H-pyrrole nitrogens is 1. The molecular formula is C12H21N3.